The van der Waals surface area contributed by atoms with Crippen LogP contribution in [-0.4, -0.2) is 37.6 Å². The quantitative estimate of drug-likeness (QED) is 0.787. The van der Waals surface area contributed by atoms with Crippen molar-refractivity contribution < 1.29 is 0 Å². The fourth-order valence-corrected chi connectivity index (χ4v) is 3.66. The van der Waals surface area contributed by atoms with Gasteiger partial charge in [-0.2, -0.15) is 0 Å². The number of hydrogen-bond donors (Lipinski definition) is 1. The molecule has 1 saturated carbocycles. The van der Waals surface area contributed by atoms with E-state index in [1.807, 2.05) is 0 Å². The van der Waals surface area contributed by atoms with Gasteiger partial charge >= 0.3 is 0 Å². The molecule has 1 N–H and O–H groups in total. The molecule has 0 aromatic heterocycles. The smallest absolute Gasteiger partial charge is 0.0199 e. The Morgan fingerprint density at radius 2 is 1.60 bits per heavy atom. The molecule has 0 aromatic rings. The van der Waals surface area contributed by atoms with Crippen LogP contribution in [0.5, 0.6) is 0 Å². The van der Waals surface area contributed by atoms with Gasteiger partial charge < -0.3 is 10.2 Å². The van der Waals surface area contributed by atoms with Crippen LogP contribution in [0.4, 0.5) is 0 Å². The summed E-state index contributed by atoms with van der Waals surface area (Å²) in [6, 6.07) is 1.40. The van der Waals surface area contributed by atoms with Crippen LogP contribution in [0.1, 0.15) is 66.7 Å². The van der Waals surface area contributed by atoms with Gasteiger partial charge in [0.2, 0.25) is 0 Å². The van der Waals surface area contributed by atoms with E-state index in [1.54, 1.807) is 0 Å². The molecule has 0 aliphatic heterocycles. The first-order valence-corrected chi connectivity index (χ1v) is 8.59. The first kappa shape index (κ1) is 18.0. The third-order valence-electron chi connectivity index (χ3n) is 4.76. The number of hydrogen-bond acceptors (Lipinski definition) is 2. The SMILES string of the molecule is CC(C)CC(CN(C)C)NC1CCC(C(C)(C)C)CC1. The van der Waals surface area contributed by atoms with Gasteiger partial charge in [0, 0.05) is 18.6 Å². The molecule has 120 valence electrons. The van der Waals surface area contributed by atoms with Gasteiger partial charge in [0.1, 0.15) is 0 Å². The maximum Gasteiger partial charge on any atom is 0.0199 e. The van der Waals surface area contributed by atoms with Crippen molar-refractivity contribution in [3.63, 3.8) is 0 Å². The normalized spacial score (nSPS) is 26.2. The van der Waals surface area contributed by atoms with Gasteiger partial charge in [-0.3, -0.25) is 0 Å². The third-order valence-corrected chi connectivity index (χ3v) is 4.76. The zero-order chi connectivity index (χ0) is 15.3. The molecule has 2 heteroatoms. The number of nitrogens with one attached hydrogen (secondary N) is 1. The van der Waals surface area contributed by atoms with E-state index >= 15 is 0 Å². The molecule has 1 aliphatic rings. The van der Waals surface area contributed by atoms with Crippen molar-refractivity contribution in [1.29, 1.82) is 0 Å². The first-order valence-electron chi connectivity index (χ1n) is 8.59. The molecule has 0 saturated heterocycles. The highest BCUT2D eigenvalue weighted by Gasteiger charge is 2.30. The predicted octanol–water partition coefficient (Wildman–Crippen LogP) is 4.16. The fourth-order valence-electron chi connectivity index (χ4n) is 3.66. The zero-order valence-electron chi connectivity index (χ0n) is 15.0. The van der Waals surface area contributed by atoms with Crippen molar-refractivity contribution in [2.24, 2.45) is 17.3 Å². The Morgan fingerprint density at radius 1 is 1.05 bits per heavy atom. The van der Waals surface area contributed by atoms with Crippen molar-refractivity contribution in [2.45, 2.75) is 78.8 Å². The lowest BCUT2D eigenvalue weighted by atomic mass is 9.71. The third kappa shape index (κ3) is 6.58. The number of nitrogens with zero attached hydrogens (tertiary/aromatic N) is 1. The van der Waals surface area contributed by atoms with Gasteiger partial charge in [0.25, 0.3) is 0 Å². The van der Waals surface area contributed by atoms with Crippen LogP contribution in [0.3, 0.4) is 0 Å². The standard InChI is InChI=1S/C18H38N2/c1-14(2)12-17(13-20(6)7)19-16-10-8-15(9-11-16)18(3,4)5/h14-17,19H,8-13H2,1-7H3. The van der Waals surface area contributed by atoms with E-state index in [4.69, 9.17) is 0 Å². The van der Waals surface area contributed by atoms with Crippen molar-refractivity contribution >= 4 is 0 Å². The molecule has 20 heavy (non-hydrogen) atoms. The highest BCUT2D eigenvalue weighted by Crippen LogP contribution is 2.37. The minimum Gasteiger partial charge on any atom is -0.310 e. The van der Waals surface area contributed by atoms with E-state index in [-0.39, 0.29) is 0 Å². The summed E-state index contributed by atoms with van der Waals surface area (Å²) in [5.74, 6) is 1.69. The van der Waals surface area contributed by atoms with Gasteiger partial charge in [-0.15, -0.1) is 0 Å². The summed E-state index contributed by atoms with van der Waals surface area (Å²) in [4.78, 5) is 2.32. The fraction of sp³-hybridized carbons (Fsp3) is 1.00. The molecule has 1 rings (SSSR count). The summed E-state index contributed by atoms with van der Waals surface area (Å²) >= 11 is 0. The van der Waals surface area contributed by atoms with Gasteiger partial charge in [0.05, 0.1) is 0 Å². The van der Waals surface area contributed by atoms with Crippen molar-refractivity contribution in [2.75, 3.05) is 20.6 Å². The Balaban J connectivity index is 2.42. The first-order chi connectivity index (χ1) is 9.18. The van der Waals surface area contributed by atoms with Crippen LogP contribution in [0.25, 0.3) is 0 Å². The van der Waals surface area contributed by atoms with E-state index in [0.717, 1.165) is 24.4 Å². The largest absolute Gasteiger partial charge is 0.310 e. The minimum absolute atomic E-state index is 0.492. The molecule has 1 unspecified atom stereocenters. The average molecular weight is 283 g/mol. The van der Waals surface area contributed by atoms with Crippen molar-refractivity contribution in [1.82, 2.24) is 10.2 Å². The number of rotatable bonds is 6. The van der Waals surface area contributed by atoms with Gasteiger partial charge in [-0.05, 0) is 63.5 Å². The minimum atomic E-state index is 0.492. The monoisotopic (exact) mass is 282 g/mol. The van der Waals surface area contributed by atoms with E-state index in [9.17, 15) is 0 Å². The van der Waals surface area contributed by atoms with E-state index in [1.165, 1.54) is 32.1 Å². The summed E-state index contributed by atoms with van der Waals surface area (Å²) in [6.07, 6.45) is 6.82. The molecule has 0 bridgehead atoms. The Labute approximate surface area is 127 Å². The molecule has 0 aromatic carbocycles. The summed E-state index contributed by atoms with van der Waals surface area (Å²) < 4.78 is 0. The maximum atomic E-state index is 3.95. The second-order valence-corrected chi connectivity index (χ2v) is 8.67. The van der Waals surface area contributed by atoms with Crippen molar-refractivity contribution in [3.05, 3.63) is 0 Å². The Bertz CT molecular complexity index is 247. The van der Waals surface area contributed by atoms with Gasteiger partial charge in [0.15, 0.2) is 0 Å². The van der Waals surface area contributed by atoms with Crippen LogP contribution in [0.2, 0.25) is 0 Å². The molecular weight excluding hydrogens is 244 g/mol. The average Bonchev–Trinajstić information content (AvgIpc) is 2.26. The van der Waals surface area contributed by atoms with E-state index in [0.29, 0.717) is 11.5 Å². The Hall–Kier alpha value is -0.0800. The second-order valence-electron chi connectivity index (χ2n) is 8.67. The zero-order valence-corrected chi connectivity index (χ0v) is 15.0. The topological polar surface area (TPSA) is 15.3 Å². The number of likely N-dealkylation sites (N-methyl/N-ethyl adjacent to an activating group) is 1. The van der Waals surface area contributed by atoms with E-state index < -0.39 is 0 Å². The molecular formula is C18H38N2. The van der Waals surface area contributed by atoms with Crippen LogP contribution >= 0.6 is 0 Å². The summed E-state index contributed by atoms with van der Waals surface area (Å²) in [5, 5.41) is 3.95. The highest BCUT2D eigenvalue weighted by atomic mass is 15.1. The van der Waals surface area contributed by atoms with E-state index in [2.05, 4.69) is 58.9 Å². The molecule has 0 radical (unpaired) electrons. The molecule has 2 nitrogen and oxygen atoms in total. The van der Waals surface area contributed by atoms with Crippen molar-refractivity contribution in [3.8, 4) is 0 Å². The molecule has 0 amide bonds. The second kappa shape index (κ2) is 7.79. The van der Waals surface area contributed by atoms with Gasteiger partial charge in [-0.1, -0.05) is 34.6 Å². The molecule has 1 aliphatic carbocycles. The summed E-state index contributed by atoms with van der Waals surface area (Å²) in [7, 11) is 4.37. The molecule has 0 spiro atoms. The maximum absolute atomic E-state index is 3.95. The Morgan fingerprint density at radius 3 is 2.00 bits per heavy atom. The lowest BCUT2D eigenvalue weighted by Crippen LogP contribution is -2.46. The molecule has 0 heterocycles. The summed E-state index contributed by atoms with van der Waals surface area (Å²) in [5.41, 5.74) is 0.492. The Kier molecular flexibility index (Phi) is 7.00. The van der Waals surface area contributed by atoms with Gasteiger partial charge in [-0.25, -0.2) is 0 Å². The lowest BCUT2D eigenvalue weighted by molar-refractivity contribution is 0.151. The molecule has 1 atom stereocenters. The predicted molar refractivity (Wildman–Crippen MR) is 90.1 cm³/mol. The summed E-state index contributed by atoms with van der Waals surface area (Å²) in [6.45, 7) is 13.0. The lowest BCUT2D eigenvalue weighted by Gasteiger charge is -2.39. The van der Waals surface area contributed by atoms with Crippen LogP contribution in [-0.2, 0) is 0 Å². The van der Waals surface area contributed by atoms with Crippen LogP contribution in [0.15, 0.2) is 0 Å². The van der Waals surface area contributed by atoms with Crippen LogP contribution in [0, 0.1) is 17.3 Å². The molecule has 1 fully saturated rings. The highest BCUT2D eigenvalue weighted by molar-refractivity contribution is 4.85. The van der Waals surface area contributed by atoms with Crippen LogP contribution < -0.4 is 5.32 Å².